The van der Waals surface area contributed by atoms with Gasteiger partial charge in [-0.1, -0.05) is 22.0 Å². The van der Waals surface area contributed by atoms with E-state index < -0.39 is 0 Å². The molecule has 2 nitrogen and oxygen atoms in total. The number of nitrogens with two attached hydrogens (primary N) is 1. The lowest BCUT2D eigenvalue weighted by molar-refractivity contribution is 1.33. The lowest BCUT2D eigenvalue weighted by Crippen LogP contribution is -2.06. The van der Waals surface area contributed by atoms with E-state index in [9.17, 15) is 0 Å². The highest BCUT2D eigenvalue weighted by atomic mass is 79.9. The van der Waals surface area contributed by atoms with E-state index in [4.69, 9.17) is 5.84 Å². The van der Waals surface area contributed by atoms with Crippen LogP contribution in [0.1, 0.15) is 5.56 Å². The Morgan fingerprint density at radius 1 is 1.50 bits per heavy atom. The number of hydrazine groups is 1. The molecule has 0 heterocycles. The molecule has 0 atom stereocenters. The normalized spacial score (nSPS) is 9.50. The Labute approximate surface area is 68.5 Å². The average Bonchev–Trinajstić information content (AvgIpc) is 1.95. The van der Waals surface area contributed by atoms with Crippen molar-refractivity contribution in [2.45, 2.75) is 6.92 Å². The van der Waals surface area contributed by atoms with Gasteiger partial charge in [0.2, 0.25) is 0 Å². The van der Waals surface area contributed by atoms with Gasteiger partial charge in [-0.25, -0.2) is 0 Å². The molecule has 0 radical (unpaired) electrons. The molecule has 0 aromatic heterocycles. The van der Waals surface area contributed by atoms with Gasteiger partial charge in [-0.2, -0.15) is 0 Å². The second-order valence-corrected chi connectivity index (χ2v) is 2.96. The van der Waals surface area contributed by atoms with Gasteiger partial charge in [0.1, 0.15) is 0 Å². The Morgan fingerprint density at radius 2 is 2.20 bits per heavy atom. The zero-order chi connectivity index (χ0) is 7.56. The smallest absolute Gasteiger partial charge is 0.0496 e. The second kappa shape index (κ2) is 3.03. The standard InChI is InChI=1S/C7H9BrN2/c1-5-2-3-6(10-9)4-7(5)8/h2-4,10H,9H2,1H3. The minimum atomic E-state index is 0.914. The van der Waals surface area contributed by atoms with Crippen molar-refractivity contribution in [1.29, 1.82) is 0 Å². The Morgan fingerprint density at radius 3 is 2.70 bits per heavy atom. The molecule has 10 heavy (non-hydrogen) atoms. The van der Waals surface area contributed by atoms with Crippen LogP contribution in [0.4, 0.5) is 5.69 Å². The molecule has 0 saturated carbocycles. The van der Waals surface area contributed by atoms with Gasteiger partial charge in [-0.15, -0.1) is 0 Å². The number of hydrogen-bond acceptors (Lipinski definition) is 2. The summed E-state index contributed by atoms with van der Waals surface area (Å²) in [6.07, 6.45) is 0. The van der Waals surface area contributed by atoms with Crippen molar-refractivity contribution in [2.24, 2.45) is 5.84 Å². The van der Waals surface area contributed by atoms with E-state index in [0.29, 0.717) is 0 Å². The minimum Gasteiger partial charge on any atom is -0.324 e. The number of nitrogen functional groups attached to an aromatic ring is 1. The molecule has 0 aliphatic heterocycles. The van der Waals surface area contributed by atoms with Crippen LogP contribution in [0.3, 0.4) is 0 Å². The van der Waals surface area contributed by atoms with Crippen molar-refractivity contribution in [3.05, 3.63) is 28.2 Å². The molecule has 3 N–H and O–H groups in total. The molecule has 3 heteroatoms. The van der Waals surface area contributed by atoms with Crippen molar-refractivity contribution in [3.8, 4) is 0 Å². The SMILES string of the molecule is Cc1ccc(NN)cc1Br. The molecule has 54 valence electrons. The van der Waals surface area contributed by atoms with Gasteiger partial charge in [0, 0.05) is 10.2 Å². The molecule has 0 amide bonds. The summed E-state index contributed by atoms with van der Waals surface area (Å²) in [4.78, 5) is 0. The van der Waals surface area contributed by atoms with Crippen molar-refractivity contribution in [2.75, 3.05) is 5.43 Å². The van der Waals surface area contributed by atoms with Crippen LogP contribution >= 0.6 is 15.9 Å². The molecule has 0 aliphatic carbocycles. The quantitative estimate of drug-likeness (QED) is 0.539. The largest absolute Gasteiger partial charge is 0.324 e. The van der Waals surface area contributed by atoms with Gasteiger partial charge >= 0.3 is 0 Å². The highest BCUT2D eigenvalue weighted by Crippen LogP contribution is 2.19. The summed E-state index contributed by atoms with van der Waals surface area (Å²) in [6.45, 7) is 2.03. The van der Waals surface area contributed by atoms with Crippen LogP contribution in [0.5, 0.6) is 0 Å². The fourth-order valence-electron chi connectivity index (χ4n) is 0.683. The maximum absolute atomic E-state index is 5.20. The van der Waals surface area contributed by atoms with Crippen LogP contribution in [0, 0.1) is 6.92 Å². The fraction of sp³-hybridized carbons (Fsp3) is 0.143. The van der Waals surface area contributed by atoms with E-state index in [2.05, 4.69) is 21.4 Å². The summed E-state index contributed by atoms with van der Waals surface area (Å²) in [7, 11) is 0. The van der Waals surface area contributed by atoms with E-state index in [1.54, 1.807) is 0 Å². The molecule has 1 aromatic carbocycles. The third-order valence-electron chi connectivity index (χ3n) is 1.34. The van der Waals surface area contributed by atoms with Crippen molar-refractivity contribution in [3.63, 3.8) is 0 Å². The summed E-state index contributed by atoms with van der Waals surface area (Å²) < 4.78 is 1.07. The predicted octanol–water partition coefficient (Wildman–Crippen LogP) is 2.04. The molecular weight excluding hydrogens is 192 g/mol. The first kappa shape index (κ1) is 7.57. The van der Waals surface area contributed by atoms with Gasteiger partial charge < -0.3 is 5.43 Å². The Kier molecular flexibility index (Phi) is 2.29. The molecule has 0 fully saturated rings. The predicted molar refractivity (Wildman–Crippen MR) is 46.7 cm³/mol. The molecule has 1 aromatic rings. The molecule has 0 aliphatic rings. The molecule has 0 saturated heterocycles. The monoisotopic (exact) mass is 200 g/mol. The number of aryl methyl sites for hydroxylation is 1. The molecule has 1 rings (SSSR count). The van der Waals surface area contributed by atoms with Gasteiger partial charge in [0.25, 0.3) is 0 Å². The first-order valence-corrected chi connectivity index (χ1v) is 3.76. The topological polar surface area (TPSA) is 38.0 Å². The average molecular weight is 201 g/mol. The number of halogens is 1. The first-order chi connectivity index (χ1) is 4.74. The maximum atomic E-state index is 5.20. The summed E-state index contributed by atoms with van der Waals surface area (Å²) in [5, 5.41) is 0. The zero-order valence-corrected chi connectivity index (χ0v) is 7.27. The highest BCUT2D eigenvalue weighted by molar-refractivity contribution is 9.10. The third kappa shape index (κ3) is 1.49. The van der Waals surface area contributed by atoms with Crippen LogP contribution in [0.15, 0.2) is 22.7 Å². The van der Waals surface area contributed by atoms with E-state index in [1.807, 2.05) is 25.1 Å². The van der Waals surface area contributed by atoms with Crippen molar-refractivity contribution >= 4 is 21.6 Å². The lowest BCUT2D eigenvalue weighted by Gasteiger charge is -2.01. The molecular formula is C7H9BrN2. The van der Waals surface area contributed by atoms with Crippen LogP contribution in [0.2, 0.25) is 0 Å². The van der Waals surface area contributed by atoms with E-state index >= 15 is 0 Å². The highest BCUT2D eigenvalue weighted by Gasteiger charge is 1.93. The number of hydrogen-bond donors (Lipinski definition) is 2. The van der Waals surface area contributed by atoms with E-state index in [-0.39, 0.29) is 0 Å². The van der Waals surface area contributed by atoms with Crippen LogP contribution < -0.4 is 11.3 Å². The van der Waals surface area contributed by atoms with Gasteiger partial charge in [0.05, 0.1) is 0 Å². The second-order valence-electron chi connectivity index (χ2n) is 2.11. The molecule has 0 unspecified atom stereocenters. The summed E-state index contributed by atoms with van der Waals surface area (Å²) >= 11 is 3.39. The zero-order valence-electron chi connectivity index (χ0n) is 5.69. The lowest BCUT2D eigenvalue weighted by atomic mass is 10.2. The fourth-order valence-corrected chi connectivity index (χ4v) is 1.06. The third-order valence-corrected chi connectivity index (χ3v) is 2.19. The maximum Gasteiger partial charge on any atom is 0.0496 e. The van der Waals surface area contributed by atoms with Crippen LogP contribution in [0.25, 0.3) is 0 Å². The first-order valence-electron chi connectivity index (χ1n) is 2.97. The summed E-state index contributed by atoms with van der Waals surface area (Å²) in [5.41, 5.74) is 4.69. The summed E-state index contributed by atoms with van der Waals surface area (Å²) in [6, 6.07) is 5.87. The number of nitrogens with one attached hydrogen (secondary N) is 1. The number of benzene rings is 1. The minimum absolute atomic E-state index is 0.914. The number of rotatable bonds is 1. The van der Waals surface area contributed by atoms with Gasteiger partial charge in [-0.3, -0.25) is 5.84 Å². The Hall–Kier alpha value is -0.540. The molecule has 0 spiro atoms. The van der Waals surface area contributed by atoms with Gasteiger partial charge in [0.15, 0.2) is 0 Å². The van der Waals surface area contributed by atoms with Crippen molar-refractivity contribution < 1.29 is 0 Å². The van der Waals surface area contributed by atoms with Gasteiger partial charge in [-0.05, 0) is 24.6 Å². The van der Waals surface area contributed by atoms with E-state index in [0.717, 1.165) is 10.2 Å². The number of anilines is 1. The van der Waals surface area contributed by atoms with Crippen LogP contribution in [-0.2, 0) is 0 Å². The Bertz CT molecular complexity index is 235. The molecule has 0 bridgehead atoms. The van der Waals surface area contributed by atoms with E-state index in [1.165, 1.54) is 5.56 Å². The Balaban J connectivity index is 3.04. The van der Waals surface area contributed by atoms with Crippen LogP contribution in [-0.4, -0.2) is 0 Å². The summed E-state index contributed by atoms with van der Waals surface area (Å²) in [5.74, 6) is 5.20. The van der Waals surface area contributed by atoms with Crippen molar-refractivity contribution in [1.82, 2.24) is 0 Å².